The molecule has 0 unspecified atom stereocenters. The molecule has 2 rings (SSSR count). The van der Waals surface area contributed by atoms with Crippen LogP contribution >= 0.6 is 0 Å². The Labute approximate surface area is 90.9 Å². The van der Waals surface area contributed by atoms with E-state index in [1.54, 1.807) is 18.2 Å². The van der Waals surface area contributed by atoms with Crippen molar-refractivity contribution in [3.8, 4) is 0 Å². The Balaban J connectivity index is 2.36. The maximum absolute atomic E-state index is 12.8. The van der Waals surface area contributed by atoms with Crippen LogP contribution in [-0.4, -0.2) is 6.05 Å². The van der Waals surface area contributed by atoms with E-state index >= 15 is 0 Å². The van der Waals surface area contributed by atoms with Crippen LogP contribution in [0, 0.1) is 4.91 Å². The molecule has 0 aliphatic carbocycles. The Morgan fingerprint density at radius 1 is 1.06 bits per heavy atom. The molecule has 0 saturated carbocycles. The fourth-order valence-corrected chi connectivity index (χ4v) is 1.63. The van der Waals surface area contributed by atoms with E-state index in [-0.39, 0.29) is 0 Å². The van der Waals surface area contributed by atoms with Gasteiger partial charge in [-0.2, -0.15) is 8.78 Å². The van der Waals surface area contributed by atoms with Gasteiger partial charge >= 0.3 is 6.05 Å². The van der Waals surface area contributed by atoms with Crippen LogP contribution in [0.15, 0.2) is 47.6 Å². The van der Waals surface area contributed by atoms with Crippen LogP contribution in [0.1, 0.15) is 5.56 Å². The monoisotopic (exact) mass is 221 g/mol. The molecule has 0 N–H and O–H groups in total. The van der Waals surface area contributed by atoms with Crippen LogP contribution in [0.25, 0.3) is 10.8 Å². The van der Waals surface area contributed by atoms with Gasteiger partial charge in [-0.25, -0.2) is 0 Å². The van der Waals surface area contributed by atoms with Crippen molar-refractivity contribution in [3.63, 3.8) is 0 Å². The standard InChI is InChI=1S/C12H9F2NO/c13-12(14,15-16)8-9-5-6-10-3-1-2-4-11(10)7-9/h1-7H,8H2. The van der Waals surface area contributed by atoms with Gasteiger partial charge in [0.15, 0.2) is 0 Å². The zero-order valence-corrected chi connectivity index (χ0v) is 8.36. The summed E-state index contributed by atoms with van der Waals surface area (Å²) < 4.78 is 25.5. The topological polar surface area (TPSA) is 29.4 Å². The molecule has 0 aromatic heterocycles. The van der Waals surface area contributed by atoms with Gasteiger partial charge in [0.1, 0.15) is 0 Å². The van der Waals surface area contributed by atoms with Crippen LogP contribution in [0.3, 0.4) is 0 Å². The highest BCUT2D eigenvalue weighted by Gasteiger charge is 2.30. The van der Waals surface area contributed by atoms with Gasteiger partial charge in [-0.05, 0) is 16.3 Å². The highest BCUT2D eigenvalue weighted by atomic mass is 19.3. The van der Waals surface area contributed by atoms with Gasteiger partial charge in [-0.3, -0.25) is 0 Å². The molecule has 16 heavy (non-hydrogen) atoms. The van der Waals surface area contributed by atoms with E-state index in [9.17, 15) is 13.7 Å². The first-order valence-electron chi connectivity index (χ1n) is 4.81. The first-order chi connectivity index (χ1) is 7.61. The lowest BCUT2D eigenvalue weighted by Crippen LogP contribution is -2.14. The SMILES string of the molecule is O=NC(F)(F)Cc1ccc2ccccc2c1. The third-order valence-corrected chi connectivity index (χ3v) is 2.36. The summed E-state index contributed by atoms with van der Waals surface area (Å²) in [6.45, 7) is 0. The molecule has 0 fully saturated rings. The van der Waals surface area contributed by atoms with Crippen molar-refractivity contribution in [3.05, 3.63) is 52.9 Å². The maximum atomic E-state index is 12.8. The molecule has 2 aromatic rings. The van der Waals surface area contributed by atoms with E-state index in [1.807, 2.05) is 29.4 Å². The van der Waals surface area contributed by atoms with E-state index in [0.29, 0.717) is 5.56 Å². The minimum Gasteiger partial charge on any atom is -0.177 e. The summed E-state index contributed by atoms with van der Waals surface area (Å²) in [5.74, 6) is 0. The van der Waals surface area contributed by atoms with E-state index in [4.69, 9.17) is 0 Å². The van der Waals surface area contributed by atoms with Gasteiger partial charge in [-0.15, -0.1) is 4.91 Å². The minimum atomic E-state index is -3.53. The molecule has 0 saturated heterocycles. The molecule has 82 valence electrons. The fourth-order valence-electron chi connectivity index (χ4n) is 1.63. The van der Waals surface area contributed by atoms with E-state index in [0.717, 1.165) is 10.8 Å². The Morgan fingerprint density at radius 2 is 1.75 bits per heavy atom. The molecule has 2 nitrogen and oxygen atoms in total. The molecule has 4 heteroatoms. The summed E-state index contributed by atoms with van der Waals surface area (Å²) >= 11 is 0. The Bertz CT molecular complexity index is 525. The predicted molar refractivity (Wildman–Crippen MR) is 58.4 cm³/mol. The Kier molecular flexibility index (Phi) is 2.64. The van der Waals surface area contributed by atoms with Crippen molar-refractivity contribution in [2.45, 2.75) is 12.5 Å². The number of nitroso groups, excluding NO2 is 1. The quantitative estimate of drug-likeness (QED) is 0.573. The van der Waals surface area contributed by atoms with E-state index in [1.165, 1.54) is 0 Å². The molecule has 0 heterocycles. The van der Waals surface area contributed by atoms with Gasteiger partial charge in [0.05, 0.1) is 6.42 Å². The normalized spacial score (nSPS) is 11.6. The third-order valence-electron chi connectivity index (χ3n) is 2.36. The van der Waals surface area contributed by atoms with Crippen LogP contribution in [-0.2, 0) is 6.42 Å². The molecule has 2 aromatic carbocycles. The molecule has 0 aliphatic heterocycles. The van der Waals surface area contributed by atoms with E-state index < -0.39 is 12.5 Å². The van der Waals surface area contributed by atoms with Crippen molar-refractivity contribution < 1.29 is 8.78 Å². The number of nitrogens with zero attached hydrogens (tertiary/aromatic N) is 1. The highest BCUT2D eigenvalue weighted by molar-refractivity contribution is 5.82. The summed E-state index contributed by atoms with van der Waals surface area (Å²) in [5, 5.41) is 3.67. The molecular weight excluding hydrogens is 212 g/mol. The average Bonchev–Trinajstić information content (AvgIpc) is 2.28. The summed E-state index contributed by atoms with van der Waals surface area (Å²) in [7, 11) is 0. The lowest BCUT2D eigenvalue weighted by molar-refractivity contribution is 0.00976. The summed E-state index contributed by atoms with van der Waals surface area (Å²) in [6, 6.07) is 8.91. The second-order valence-corrected chi connectivity index (χ2v) is 3.62. The molecule has 0 amide bonds. The smallest absolute Gasteiger partial charge is 0.177 e. The second kappa shape index (κ2) is 3.96. The molecule has 0 atom stereocenters. The number of rotatable bonds is 3. The number of alkyl halides is 2. The molecule has 0 radical (unpaired) electrons. The minimum absolute atomic E-state index is 0.406. The van der Waals surface area contributed by atoms with Crippen molar-refractivity contribution in [2.24, 2.45) is 5.18 Å². The van der Waals surface area contributed by atoms with Gasteiger partial charge in [-0.1, -0.05) is 42.5 Å². The molecular formula is C12H9F2NO. The van der Waals surface area contributed by atoms with Crippen molar-refractivity contribution in [1.29, 1.82) is 0 Å². The molecule has 0 aliphatic rings. The van der Waals surface area contributed by atoms with Crippen LogP contribution in [0.2, 0.25) is 0 Å². The number of hydrogen-bond acceptors (Lipinski definition) is 2. The zero-order valence-electron chi connectivity index (χ0n) is 8.36. The highest BCUT2D eigenvalue weighted by Crippen LogP contribution is 2.23. The van der Waals surface area contributed by atoms with Crippen molar-refractivity contribution in [2.75, 3.05) is 0 Å². The summed E-state index contributed by atoms with van der Waals surface area (Å²) in [6.07, 6.45) is -0.651. The summed E-state index contributed by atoms with van der Waals surface area (Å²) in [4.78, 5) is 9.89. The van der Waals surface area contributed by atoms with Crippen LogP contribution in [0.5, 0.6) is 0 Å². The van der Waals surface area contributed by atoms with E-state index in [2.05, 4.69) is 0 Å². The van der Waals surface area contributed by atoms with Crippen molar-refractivity contribution >= 4 is 10.8 Å². The molecule has 0 spiro atoms. The lowest BCUT2D eigenvalue weighted by atomic mass is 10.0. The number of hydrogen-bond donors (Lipinski definition) is 0. The first-order valence-corrected chi connectivity index (χ1v) is 4.81. The largest absolute Gasteiger partial charge is 0.381 e. The van der Waals surface area contributed by atoms with Gasteiger partial charge < -0.3 is 0 Å². The number of benzene rings is 2. The van der Waals surface area contributed by atoms with Gasteiger partial charge in [0.2, 0.25) is 0 Å². The predicted octanol–water partition coefficient (Wildman–Crippen LogP) is 3.74. The first kappa shape index (κ1) is 10.7. The summed E-state index contributed by atoms with van der Waals surface area (Å²) in [5.41, 5.74) is 0.406. The van der Waals surface area contributed by atoms with Gasteiger partial charge in [0.25, 0.3) is 0 Å². The second-order valence-electron chi connectivity index (χ2n) is 3.62. The van der Waals surface area contributed by atoms with Crippen LogP contribution in [0.4, 0.5) is 8.78 Å². The Morgan fingerprint density at radius 3 is 2.44 bits per heavy atom. The van der Waals surface area contributed by atoms with Gasteiger partial charge in [0, 0.05) is 5.18 Å². The number of fused-ring (bicyclic) bond motifs is 1. The average molecular weight is 221 g/mol. The maximum Gasteiger partial charge on any atom is 0.381 e. The number of halogens is 2. The van der Waals surface area contributed by atoms with Crippen LogP contribution < -0.4 is 0 Å². The lowest BCUT2D eigenvalue weighted by Gasteiger charge is -2.08. The van der Waals surface area contributed by atoms with Crippen molar-refractivity contribution in [1.82, 2.24) is 0 Å². The Hall–Kier alpha value is -1.84. The third kappa shape index (κ3) is 2.21. The molecule has 0 bridgehead atoms. The zero-order chi connectivity index (χ0) is 11.6. The fraction of sp³-hybridized carbons (Fsp3) is 0.167.